The fourth-order valence-electron chi connectivity index (χ4n) is 2.98. The van der Waals surface area contributed by atoms with E-state index in [1.54, 1.807) is 35.7 Å². The van der Waals surface area contributed by atoms with Crippen LogP contribution in [0, 0.1) is 5.92 Å². The van der Waals surface area contributed by atoms with Gasteiger partial charge in [-0.05, 0) is 35.6 Å². The maximum Gasteiger partial charge on any atom is 0.225 e. The molecule has 3 heterocycles. The highest BCUT2D eigenvalue weighted by molar-refractivity contribution is 7.10. The van der Waals surface area contributed by atoms with Crippen molar-refractivity contribution in [2.24, 2.45) is 5.92 Å². The van der Waals surface area contributed by atoms with Crippen LogP contribution in [0.2, 0.25) is 0 Å². The molecule has 1 N–H and O–H groups in total. The van der Waals surface area contributed by atoms with E-state index in [0.717, 1.165) is 10.4 Å². The molecular formula is C17H19N3O2S. The number of carbonyl (C=O) groups is 2. The molecule has 1 aliphatic rings. The lowest BCUT2D eigenvalue weighted by Crippen LogP contribution is -2.45. The molecule has 0 spiro atoms. The Hall–Kier alpha value is -2.21. The molecule has 3 rings (SSSR count). The minimum absolute atomic E-state index is 0.000405. The first-order valence-corrected chi connectivity index (χ1v) is 8.50. The second-order valence-corrected chi connectivity index (χ2v) is 6.66. The zero-order valence-corrected chi connectivity index (χ0v) is 13.8. The quantitative estimate of drug-likeness (QED) is 0.937. The number of hydrogen-bond acceptors (Lipinski definition) is 4. The van der Waals surface area contributed by atoms with Crippen LogP contribution >= 0.6 is 11.3 Å². The summed E-state index contributed by atoms with van der Waals surface area (Å²) in [5.74, 6) is -0.112. The lowest BCUT2D eigenvalue weighted by Gasteiger charge is -2.37. The van der Waals surface area contributed by atoms with E-state index < -0.39 is 0 Å². The molecule has 0 saturated carbocycles. The molecule has 2 aromatic rings. The molecule has 1 saturated heterocycles. The fraction of sp³-hybridized carbons (Fsp3) is 0.353. The molecule has 23 heavy (non-hydrogen) atoms. The summed E-state index contributed by atoms with van der Waals surface area (Å²) in [7, 11) is 1.79. The molecule has 5 nitrogen and oxygen atoms in total. The Morgan fingerprint density at radius 3 is 2.87 bits per heavy atom. The van der Waals surface area contributed by atoms with Crippen molar-refractivity contribution < 1.29 is 9.59 Å². The topological polar surface area (TPSA) is 62.3 Å². The maximum absolute atomic E-state index is 12.7. The molecule has 0 radical (unpaired) electrons. The first-order chi connectivity index (χ1) is 11.2. The first kappa shape index (κ1) is 15.7. The molecule has 0 aromatic carbocycles. The smallest absolute Gasteiger partial charge is 0.225 e. The van der Waals surface area contributed by atoms with E-state index in [2.05, 4.69) is 10.3 Å². The van der Waals surface area contributed by atoms with Crippen LogP contribution in [-0.2, 0) is 16.1 Å². The van der Waals surface area contributed by atoms with Gasteiger partial charge in [0.15, 0.2) is 0 Å². The highest BCUT2D eigenvalue weighted by Gasteiger charge is 2.39. The zero-order valence-electron chi connectivity index (χ0n) is 12.9. The molecule has 0 aliphatic carbocycles. The predicted octanol–water partition coefficient (Wildman–Crippen LogP) is 2.37. The van der Waals surface area contributed by atoms with Crippen molar-refractivity contribution in [2.45, 2.75) is 25.4 Å². The van der Waals surface area contributed by atoms with Gasteiger partial charge < -0.3 is 10.2 Å². The Kier molecular flexibility index (Phi) is 4.71. The summed E-state index contributed by atoms with van der Waals surface area (Å²) in [5, 5.41) is 4.98. The van der Waals surface area contributed by atoms with Crippen LogP contribution in [0.25, 0.3) is 0 Å². The lowest BCUT2D eigenvalue weighted by atomic mass is 9.87. The van der Waals surface area contributed by atoms with Crippen molar-refractivity contribution in [1.82, 2.24) is 15.2 Å². The average molecular weight is 329 g/mol. The van der Waals surface area contributed by atoms with Crippen LogP contribution in [0.1, 0.15) is 29.3 Å². The van der Waals surface area contributed by atoms with Crippen LogP contribution < -0.4 is 5.32 Å². The number of amides is 2. The number of thiophene rings is 1. The molecule has 1 fully saturated rings. The van der Waals surface area contributed by atoms with Crippen LogP contribution in [0.4, 0.5) is 0 Å². The van der Waals surface area contributed by atoms with Crippen LogP contribution in [-0.4, -0.2) is 28.7 Å². The van der Waals surface area contributed by atoms with Crippen LogP contribution in [0.3, 0.4) is 0 Å². The number of hydrogen-bond donors (Lipinski definition) is 1. The summed E-state index contributed by atoms with van der Waals surface area (Å²) < 4.78 is 0. The Labute approximate surface area is 139 Å². The molecule has 120 valence electrons. The van der Waals surface area contributed by atoms with Crippen molar-refractivity contribution >= 4 is 23.2 Å². The number of carbonyl (C=O) groups excluding carboxylic acids is 2. The normalized spacial score (nSPS) is 21.3. The highest BCUT2D eigenvalue weighted by Crippen LogP contribution is 2.37. The third-order valence-corrected chi connectivity index (χ3v) is 5.19. The lowest BCUT2D eigenvalue weighted by molar-refractivity contribution is -0.141. The summed E-state index contributed by atoms with van der Waals surface area (Å²) in [6.45, 7) is 0.479. The number of aromatic nitrogens is 1. The summed E-state index contributed by atoms with van der Waals surface area (Å²) in [5.41, 5.74) is 1.02. The van der Waals surface area contributed by atoms with Crippen LogP contribution in [0.15, 0.2) is 42.0 Å². The minimum atomic E-state index is -0.210. The second-order valence-electron chi connectivity index (χ2n) is 5.68. The number of pyridine rings is 1. The SMILES string of the molecule is CN1C(=O)CCC(C(=O)NCc2ccncc2)C1c1cccs1. The van der Waals surface area contributed by atoms with Gasteiger partial charge in [0.05, 0.1) is 12.0 Å². The number of piperidine rings is 1. The number of nitrogens with one attached hydrogen (secondary N) is 1. The molecule has 2 unspecified atom stereocenters. The first-order valence-electron chi connectivity index (χ1n) is 7.62. The Morgan fingerprint density at radius 2 is 2.17 bits per heavy atom. The van der Waals surface area contributed by atoms with Gasteiger partial charge in [-0.1, -0.05) is 6.07 Å². The van der Waals surface area contributed by atoms with Gasteiger partial charge in [-0.25, -0.2) is 0 Å². The Bertz CT molecular complexity index is 672. The van der Waals surface area contributed by atoms with E-state index in [0.29, 0.717) is 19.4 Å². The second kappa shape index (κ2) is 6.91. The van der Waals surface area contributed by atoms with E-state index in [9.17, 15) is 9.59 Å². The van der Waals surface area contributed by atoms with Crippen molar-refractivity contribution in [3.05, 3.63) is 52.5 Å². The number of nitrogens with zero attached hydrogens (tertiary/aromatic N) is 2. The maximum atomic E-state index is 12.7. The van der Waals surface area contributed by atoms with Gasteiger partial charge in [0.2, 0.25) is 11.8 Å². The predicted molar refractivity (Wildman–Crippen MR) is 88.6 cm³/mol. The van der Waals surface area contributed by atoms with Crippen molar-refractivity contribution in [3.8, 4) is 0 Å². The van der Waals surface area contributed by atoms with Crippen molar-refractivity contribution in [2.75, 3.05) is 7.05 Å². The minimum Gasteiger partial charge on any atom is -0.352 e. The average Bonchev–Trinajstić information content (AvgIpc) is 3.10. The van der Waals surface area contributed by atoms with Gasteiger partial charge in [0.25, 0.3) is 0 Å². The summed E-state index contributed by atoms with van der Waals surface area (Å²) in [6.07, 6.45) is 4.44. The molecular weight excluding hydrogens is 310 g/mol. The van der Waals surface area contributed by atoms with E-state index >= 15 is 0 Å². The summed E-state index contributed by atoms with van der Waals surface area (Å²) in [4.78, 5) is 31.5. The molecule has 6 heteroatoms. The van der Waals surface area contributed by atoms with Gasteiger partial charge in [-0.2, -0.15) is 0 Å². The number of likely N-dealkylation sites (tertiary alicyclic amines) is 1. The highest BCUT2D eigenvalue weighted by atomic mass is 32.1. The van der Waals surface area contributed by atoms with E-state index in [1.165, 1.54) is 0 Å². The van der Waals surface area contributed by atoms with E-state index in [4.69, 9.17) is 0 Å². The van der Waals surface area contributed by atoms with Gasteiger partial charge in [-0.3, -0.25) is 14.6 Å². The third-order valence-electron chi connectivity index (χ3n) is 4.25. The van der Waals surface area contributed by atoms with Gasteiger partial charge in [0.1, 0.15) is 0 Å². The standard InChI is InChI=1S/C17H19N3O2S/c1-20-15(21)5-4-13(16(20)14-3-2-10-23-14)17(22)19-11-12-6-8-18-9-7-12/h2-3,6-10,13,16H,4-5,11H2,1H3,(H,19,22). The molecule has 0 bridgehead atoms. The van der Waals surface area contributed by atoms with Gasteiger partial charge in [-0.15, -0.1) is 11.3 Å². The monoisotopic (exact) mass is 329 g/mol. The summed E-state index contributed by atoms with van der Waals surface area (Å²) in [6, 6.07) is 7.54. The summed E-state index contributed by atoms with van der Waals surface area (Å²) >= 11 is 1.59. The molecule has 2 aromatic heterocycles. The largest absolute Gasteiger partial charge is 0.352 e. The molecule has 2 atom stereocenters. The fourth-order valence-corrected chi connectivity index (χ4v) is 3.92. The van der Waals surface area contributed by atoms with E-state index in [1.807, 2.05) is 29.6 Å². The van der Waals surface area contributed by atoms with Gasteiger partial charge in [0, 0.05) is 37.3 Å². The number of rotatable bonds is 4. The molecule has 1 aliphatic heterocycles. The van der Waals surface area contributed by atoms with Crippen molar-refractivity contribution in [3.63, 3.8) is 0 Å². The Morgan fingerprint density at radius 1 is 1.39 bits per heavy atom. The van der Waals surface area contributed by atoms with Crippen LogP contribution in [0.5, 0.6) is 0 Å². The third kappa shape index (κ3) is 3.42. The van der Waals surface area contributed by atoms with E-state index in [-0.39, 0.29) is 23.8 Å². The van der Waals surface area contributed by atoms with Gasteiger partial charge >= 0.3 is 0 Å². The zero-order chi connectivity index (χ0) is 16.2. The molecule has 2 amide bonds. The van der Waals surface area contributed by atoms with Crippen molar-refractivity contribution in [1.29, 1.82) is 0 Å². The Balaban J connectivity index is 1.73.